The largest absolute Gasteiger partial charge is 0.478 e. The van der Waals surface area contributed by atoms with Gasteiger partial charge < -0.3 is 10.4 Å². The SMILES string of the molecule is Cc1cc(C)nc(Sc2ccc(NC(=O)C=CC(=O)O)cc2)n1. The normalized spacial score (nSPS) is 10.7. The second-order valence-corrected chi connectivity index (χ2v) is 5.76. The average Bonchev–Trinajstić information content (AvgIpc) is 2.46. The summed E-state index contributed by atoms with van der Waals surface area (Å²) in [7, 11) is 0. The van der Waals surface area contributed by atoms with E-state index in [0.29, 0.717) is 10.8 Å². The van der Waals surface area contributed by atoms with Gasteiger partial charge in [-0.15, -0.1) is 0 Å². The van der Waals surface area contributed by atoms with E-state index in [0.717, 1.165) is 28.4 Å². The van der Waals surface area contributed by atoms with Crippen LogP contribution in [0.15, 0.2) is 52.5 Å². The van der Waals surface area contributed by atoms with E-state index in [1.165, 1.54) is 11.8 Å². The number of aryl methyl sites for hydroxylation is 2. The molecule has 0 bridgehead atoms. The molecule has 0 radical (unpaired) electrons. The second-order valence-electron chi connectivity index (χ2n) is 4.72. The number of aromatic nitrogens is 2. The Hall–Kier alpha value is -2.67. The lowest BCUT2D eigenvalue weighted by atomic mass is 10.3. The Kier molecular flexibility index (Phi) is 5.48. The van der Waals surface area contributed by atoms with Crippen LogP contribution in [0.1, 0.15) is 11.4 Å². The summed E-state index contributed by atoms with van der Waals surface area (Å²) in [5.41, 5.74) is 2.40. The molecule has 2 aromatic rings. The molecule has 1 heterocycles. The van der Waals surface area contributed by atoms with Crippen LogP contribution in [0.2, 0.25) is 0 Å². The molecule has 0 aliphatic rings. The molecule has 0 saturated carbocycles. The van der Waals surface area contributed by atoms with Crippen molar-refractivity contribution < 1.29 is 14.7 Å². The van der Waals surface area contributed by atoms with Gasteiger partial charge in [0.25, 0.3) is 0 Å². The van der Waals surface area contributed by atoms with Gasteiger partial charge in [0.05, 0.1) is 0 Å². The highest BCUT2D eigenvalue weighted by Gasteiger charge is 2.04. The monoisotopic (exact) mass is 329 g/mol. The van der Waals surface area contributed by atoms with Crippen LogP contribution < -0.4 is 5.32 Å². The highest BCUT2D eigenvalue weighted by Crippen LogP contribution is 2.26. The van der Waals surface area contributed by atoms with Crippen molar-refractivity contribution in [2.24, 2.45) is 0 Å². The lowest BCUT2D eigenvalue weighted by molar-refractivity contribution is -0.131. The Morgan fingerprint density at radius 1 is 1.09 bits per heavy atom. The second kappa shape index (κ2) is 7.55. The van der Waals surface area contributed by atoms with Gasteiger partial charge in [-0.25, -0.2) is 14.8 Å². The predicted molar refractivity (Wildman–Crippen MR) is 87.5 cm³/mol. The number of nitrogens with one attached hydrogen (secondary N) is 1. The molecule has 0 fully saturated rings. The van der Waals surface area contributed by atoms with Crippen molar-refractivity contribution in [3.8, 4) is 0 Å². The Morgan fingerprint density at radius 2 is 1.70 bits per heavy atom. The van der Waals surface area contributed by atoms with Gasteiger partial charge in [0.2, 0.25) is 5.91 Å². The summed E-state index contributed by atoms with van der Waals surface area (Å²) in [6.45, 7) is 3.84. The van der Waals surface area contributed by atoms with E-state index in [1.54, 1.807) is 12.1 Å². The summed E-state index contributed by atoms with van der Waals surface area (Å²) in [5.74, 6) is -1.66. The predicted octanol–water partition coefficient (Wildman–Crippen LogP) is 2.82. The van der Waals surface area contributed by atoms with Crippen molar-refractivity contribution in [2.45, 2.75) is 23.9 Å². The van der Waals surface area contributed by atoms with Crippen molar-refractivity contribution in [2.75, 3.05) is 5.32 Å². The maximum Gasteiger partial charge on any atom is 0.328 e. The molecule has 0 saturated heterocycles. The van der Waals surface area contributed by atoms with Crippen LogP contribution in [-0.4, -0.2) is 27.0 Å². The molecule has 7 heteroatoms. The van der Waals surface area contributed by atoms with Gasteiger partial charge in [-0.05, 0) is 55.9 Å². The number of carbonyl (C=O) groups excluding carboxylic acids is 1. The molecule has 0 atom stereocenters. The topological polar surface area (TPSA) is 92.2 Å². The summed E-state index contributed by atoms with van der Waals surface area (Å²) < 4.78 is 0. The number of carbonyl (C=O) groups is 2. The molecule has 1 aromatic carbocycles. The van der Waals surface area contributed by atoms with Crippen molar-refractivity contribution in [3.63, 3.8) is 0 Å². The zero-order valence-electron chi connectivity index (χ0n) is 12.6. The summed E-state index contributed by atoms with van der Waals surface area (Å²) in [6, 6.07) is 9.05. The van der Waals surface area contributed by atoms with Crippen LogP contribution in [0, 0.1) is 13.8 Å². The van der Waals surface area contributed by atoms with Crippen LogP contribution in [0.25, 0.3) is 0 Å². The number of benzene rings is 1. The number of carboxylic acid groups (broad SMARTS) is 1. The van der Waals surface area contributed by atoms with Gasteiger partial charge in [-0.2, -0.15) is 0 Å². The van der Waals surface area contributed by atoms with E-state index < -0.39 is 11.9 Å². The molecule has 0 aliphatic heterocycles. The smallest absolute Gasteiger partial charge is 0.328 e. The molecule has 2 N–H and O–H groups in total. The maximum absolute atomic E-state index is 11.5. The molecule has 23 heavy (non-hydrogen) atoms. The van der Waals surface area contributed by atoms with Crippen molar-refractivity contribution in [3.05, 3.63) is 53.9 Å². The molecule has 6 nitrogen and oxygen atoms in total. The number of aliphatic carboxylic acids is 1. The Balaban J connectivity index is 2.02. The fourth-order valence-corrected chi connectivity index (χ4v) is 2.64. The summed E-state index contributed by atoms with van der Waals surface area (Å²) in [5, 5.41) is 11.7. The van der Waals surface area contributed by atoms with Crippen LogP contribution >= 0.6 is 11.8 Å². The van der Waals surface area contributed by atoms with Gasteiger partial charge in [-0.3, -0.25) is 4.79 Å². The first-order chi connectivity index (χ1) is 10.9. The van der Waals surface area contributed by atoms with Gasteiger partial charge in [0.15, 0.2) is 5.16 Å². The molecule has 118 valence electrons. The number of nitrogens with zero attached hydrogens (tertiary/aromatic N) is 2. The van der Waals surface area contributed by atoms with Gasteiger partial charge in [-0.1, -0.05) is 0 Å². The summed E-state index contributed by atoms with van der Waals surface area (Å²) >= 11 is 1.43. The highest BCUT2D eigenvalue weighted by molar-refractivity contribution is 7.99. The van der Waals surface area contributed by atoms with Crippen LogP contribution in [0.4, 0.5) is 5.69 Å². The van der Waals surface area contributed by atoms with E-state index in [1.807, 2.05) is 32.0 Å². The lowest BCUT2D eigenvalue weighted by Gasteiger charge is -2.05. The highest BCUT2D eigenvalue weighted by atomic mass is 32.2. The molecule has 0 aliphatic carbocycles. The number of anilines is 1. The summed E-state index contributed by atoms with van der Waals surface area (Å²) in [4.78, 5) is 31.5. The van der Waals surface area contributed by atoms with Crippen molar-refractivity contribution >= 4 is 29.3 Å². The molecular weight excluding hydrogens is 314 g/mol. The number of amides is 1. The van der Waals surface area contributed by atoms with Gasteiger partial charge in [0, 0.05) is 34.1 Å². The van der Waals surface area contributed by atoms with Crippen LogP contribution in [0.3, 0.4) is 0 Å². The minimum atomic E-state index is -1.17. The Labute approximate surface area is 137 Å². The summed E-state index contributed by atoms with van der Waals surface area (Å²) in [6.07, 6.45) is 1.76. The van der Waals surface area contributed by atoms with Gasteiger partial charge >= 0.3 is 5.97 Å². The molecule has 1 aromatic heterocycles. The molecule has 2 rings (SSSR count). The third kappa shape index (κ3) is 5.55. The molecule has 0 unspecified atom stereocenters. The standard InChI is InChI=1S/C16H15N3O3S/c1-10-9-11(2)18-16(17-10)23-13-5-3-12(4-6-13)19-14(20)7-8-15(21)22/h3-9H,1-2H3,(H,19,20)(H,21,22). The fourth-order valence-electron chi connectivity index (χ4n) is 1.78. The quantitative estimate of drug-likeness (QED) is 0.647. The molecular formula is C16H15N3O3S. The first-order valence-electron chi connectivity index (χ1n) is 6.74. The Bertz CT molecular complexity index is 737. The van der Waals surface area contributed by atoms with Crippen LogP contribution in [0.5, 0.6) is 0 Å². The van der Waals surface area contributed by atoms with E-state index in [9.17, 15) is 9.59 Å². The molecule has 0 spiro atoms. The van der Waals surface area contributed by atoms with Crippen molar-refractivity contribution in [1.29, 1.82) is 0 Å². The number of hydrogen-bond acceptors (Lipinski definition) is 5. The van der Waals surface area contributed by atoms with E-state index in [4.69, 9.17) is 5.11 Å². The first kappa shape index (κ1) is 16.7. The minimum Gasteiger partial charge on any atom is -0.478 e. The third-order valence-electron chi connectivity index (χ3n) is 2.67. The van der Waals surface area contributed by atoms with E-state index >= 15 is 0 Å². The van der Waals surface area contributed by atoms with E-state index in [2.05, 4.69) is 15.3 Å². The number of carboxylic acids is 1. The fraction of sp³-hybridized carbons (Fsp3) is 0.125. The number of rotatable bonds is 5. The minimum absolute atomic E-state index is 0.495. The zero-order valence-corrected chi connectivity index (χ0v) is 13.4. The van der Waals surface area contributed by atoms with E-state index in [-0.39, 0.29) is 0 Å². The van der Waals surface area contributed by atoms with Crippen LogP contribution in [-0.2, 0) is 9.59 Å². The molecule has 1 amide bonds. The first-order valence-corrected chi connectivity index (χ1v) is 7.56. The zero-order chi connectivity index (χ0) is 16.8. The van der Waals surface area contributed by atoms with Crippen molar-refractivity contribution in [1.82, 2.24) is 9.97 Å². The maximum atomic E-state index is 11.5. The Morgan fingerprint density at radius 3 is 2.26 bits per heavy atom. The average molecular weight is 329 g/mol. The lowest BCUT2D eigenvalue weighted by Crippen LogP contribution is -2.08. The third-order valence-corrected chi connectivity index (χ3v) is 3.54. The van der Waals surface area contributed by atoms with Gasteiger partial charge in [0.1, 0.15) is 0 Å². The number of hydrogen-bond donors (Lipinski definition) is 2.